The lowest BCUT2D eigenvalue weighted by molar-refractivity contribution is 0.295. The zero-order valence-electron chi connectivity index (χ0n) is 12.9. The van der Waals surface area contributed by atoms with E-state index in [4.69, 9.17) is 4.74 Å². The molecule has 0 saturated heterocycles. The third-order valence-corrected chi connectivity index (χ3v) is 3.30. The summed E-state index contributed by atoms with van der Waals surface area (Å²) in [5.41, 5.74) is 2.47. The van der Waals surface area contributed by atoms with E-state index in [0.717, 1.165) is 16.9 Å². The molecule has 5 heteroatoms. The van der Waals surface area contributed by atoms with Crippen molar-refractivity contribution in [2.45, 2.75) is 32.6 Å². The molecule has 0 amide bonds. The van der Waals surface area contributed by atoms with Crippen LogP contribution in [0.5, 0.6) is 11.6 Å². The zero-order valence-corrected chi connectivity index (χ0v) is 12.9. The van der Waals surface area contributed by atoms with Gasteiger partial charge in [0.2, 0.25) is 5.88 Å². The molecule has 2 rings (SSSR count). The molecule has 0 aliphatic rings. The largest absolute Gasteiger partial charge is 0.508 e. The van der Waals surface area contributed by atoms with Gasteiger partial charge in [-0.1, -0.05) is 20.8 Å². The third-order valence-electron chi connectivity index (χ3n) is 3.30. The van der Waals surface area contributed by atoms with Gasteiger partial charge < -0.3 is 14.9 Å². The van der Waals surface area contributed by atoms with Crippen LogP contribution >= 0.6 is 0 Å². The van der Waals surface area contributed by atoms with Crippen molar-refractivity contribution in [3.8, 4) is 17.3 Å². The van der Waals surface area contributed by atoms with Crippen LogP contribution in [0.1, 0.15) is 32.0 Å². The molecule has 0 bridgehead atoms. The van der Waals surface area contributed by atoms with Gasteiger partial charge in [0.25, 0.3) is 0 Å². The second kappa shape index (κ2) is 5.77. The smallest absolute Gasteiger partial charge is 0.220 e. The van der Waals surface area contributed by atoms with Crippen molar-refractivity contribution in [3.63, 3.8) is 0 Å². The van der Waals surface area contributed by atoms with Crippen LogP contribution in [0.2, 0.25) is 0 Å². The molecule has 0 aliphatic carbocycles. The summed E-state index contributed by atoms with van der Waals surface area (Å²) >= 11 is 0. The van der Waals surface area contributed by atoms with Crippen LogP contribution < -0.4 is 4.74 Å². The van der Waals surface area contributed by atoms with Gasteiger partial charge in [0.1, 0.15) is 5.75 Å². The first-order chi connectivity index (χ1) is 9.88. The number of aromatic nitrogens is 2. The Balaban J connectivity index is 2.63. The van der Waals surface area contributed by atoms with Crippen LogP contribution in [0.3, 0.4) is 0 Å². The highest BCUT2D eigenvalue weighted by Gasteiger charge is 2.27. The van der Waals surface area contributed by atoms with Gasteiger partial charge in [-0.05, 0) is 24.3 Å². The SMILES string of the molecule is COc1c(CCO)c(C(C)(C)C)nn1-c1ccc(O)cc1. The third kappa shape index (κ3) is 3.03. The Morgan fingerprint density at radius 2 is 1.81 bits per heavy atom. The predicted molar refractivity (Wildman–Crippen MR) is 81.3 cm³/mol. The van der Waals surface area contributed by atoms with E-state index < -0.39 is 0 Å². The first-order valence-electron chi connectivity index (χ1n) is 6.95. The molecule has 5 nitrogen and oxygen atoms in total. The number of phenols is 1. The molecule has 2 aromatic rings. The molecule has 0 saturated carbocycles. The highest BCUT2D eigenvalue weighted by Crippen LogP contribution is 2.33. The number of hydrogen-bond donors (Lipinski definition) is 2. The van der Waals surface area contributed by atoms with Crippen LogP contribution in [0.15, 0.2) is 24.3 Å². The van der Waals surface area contributed by atoms with Crippen molar-refractivity contribution >= 4 is 0 Å². The number of aromatic hydroxyl groups is 1. The quantitative estimate of drug-likeness (QED) is 0.907. The molecule has 0 spiro atoms. The van der Waals surface area contributed by atoms with Gasteiger partial charge in [-0.25, -0.2) is 4.68 Å². The van der Waals surface area contributed by atoms with Crippen LogP contribution in [0, 0.1) is 0 Å². The highest BCUT2D eigenvalue weighted by atomic mass is 16.5. The Bertz CT molecular complexity index is 610. The second-order valence-corrected chi connectivity index (χ2v) is 5.99. The summed E-state index contributed by atoms with van der Waals surface area (Å²) < 4.78 is 7.23. The predicted octanol–water partition coefficient (Wildman–Crippen LogP) is 2.42. The van der Waals surface area contributed by atoms with E-state index in [1.807, 2.05) is 0 Å². The molecule has 21 heavy (non-hydrogen) atoms. The molecule has 1 aromatic carbocycles. The molecule has 0 fully saturated rings. The number of phenolic OH excluding ortho intramolecular Hbond substituents is 1. The fourth-order valence-corrected chi connectivity index (χ4v) is 2.35. The van der Waals surface area contributed by atoms with Gasteiger partial charge in [0.15, 0.2) is 0 Å². The summed E-state index contributed by atoms with van der Waals surface area (Å²) in [6.45, 7) is 6.28. The Kier molecular flexibility index (Phi) is 4.23. The number of benzene rings is 1. The number of rotatable bonds is 4. The Morgan fingerprint density at radius 1 is 1.19 bits per heavy atom. The highest BCUT2D eigenvalue weighted by molar-refractivity contribution is 5.45. The van der Waals surface area contributed by atoms with Crippen molar-refractivity contribution in [2.24, 2.45) is 0 Å². The average Bonchev–Trinajstić information content (AvgIpc) is 2.78. The fraction of sp³-hybridized carbons (Fsp3) is 0.438. The standard InChI is InChI=1S/C16H22N2O3/c1-16(2,3)14-13(9-10-19)15(21-4)18(17-14)11-5-7-12(20)8-6-11/h5-8,19-20H,9-10H2,1-4H3. The average molecular weight is 290 g/mol. The Labute approximate surface area is 124 Å². The molecule has 0 unspecified atom stereocenters. The van der Waals surface area contributed by atoms with Gasteiger partial charge in [-0.2, -0.15) is 5.10 Å². The second-order valence-electron chi connectivity index (χ2n) is 5.99. The number of nitrogens with zero attached hydrogens (tertiary/aromatic N) is 2. The summed E-state index contributed by atoms with van der Waals surface area (Å²) in [7, 11) is 1.60. The molecule has 0 aliphatic heterocycles. The van der Waals surface area contributed by atoms with Crippen LogP contribution in [0.25, 0.3) is 5.69 Å². The van der Waals surface area contributed by atoms with Gasteiger partial charge in [-0.15, -0.1) is 0 Å². The summed E-state index contributed by atoms with van der Waals surface area (Å²) in [5.74, 6) is 0.830. The minimum Gasteiger partial charge on any atom is -0.508 e. The first-order valence-corrected chi connectivity index (χ1v) is 6.95. The van der Waals surface area contributed by atoms with Gasteiger partial charge in [-0.3, -0.25) is 0 Å². The van der Waals surface area contributed by atoms with E-state index in [0.29, 0.717) is 12.3 Å². The van der Waals surface area contributed by atoms with Crippen molar-refractivity contribution in [3.05, 3.63) is 35.5 Å². The minimum absolute atomic E-state index is 0.0424. The van der Waals surface area contributed by atoms with Crippen LogP contribution in [0.4, 0.5) is 0 Å². The lowest BCUT2D eigenvalue weighted by Gasteiger charge is -2.17. The van der Waals surface area contributed by atoms with E-state index in [-0.39, 0.29) is 17.8 Å². The summed E-state index contributed by atoms with van der Waals surface area (Å²) in [4.78, 5) is 0. The number of aliphatic hydroxyl groups is 1. The summed E-state index contributed by atoms with van der Waals surface area (Å²) in [6, 6.07) is 6.78. The van der Waals surface area contributed by atoms with E-state index in [9.17, 15) is 10.2 Å². The lowest BCUT2D eigenvalue weighted by atomic mass is 9.88. The molecule has 0 radical (unpaired) electrons. The summed E-state index contributed by atoms with van der Waals surface area (Å²) in [5, 5.41) is 23.4. The number of aliphatic hydroxyl groups excluding tert-OH is 1. The van der Waals surface area contributed by atoms with Crippen molar-refractivity contribution < 1.29 is 14.9 Å². The molecule has 1 aromatic heterocycles. The monoisotopic (exact) mass is 290 g/mol. The first kappa shape index (κ1) is 15.4. The maximum atomic E-state index is 9.41. The number of ether oxygens (including phenoxy) is 1. The zero-order chi connectivity index (χ0) is 15.6. The molecular weight excluding hydrogens is 268 g/mol. The topological polar surface area (TPSA) is 67.5 Å². The van der Waals surface area contributed by atoms with E-state index in [2.05, 4.69) is 25.9 Å². The van der Waals surface area contributed by atoms with E-state index in [1.54, 1.807) is 36.1 Å². The van der Waals surface area contributed by atoms with Crippen LogP contribution in [-0.4, -0.2) is 33.7 Å². The van der Waals surface area contributed by atoms with Gasteiger partial charge in [0.05, 0.1) is 18.5 Å². The minimum atomic E-state index is -0.153. The molecule has 114 valence electrons. The molecule has 2 N–H and O–H groups in total. The summed E-state index contributed by atoms with van der Waals surface area (Å²) in [6.07, 6.45) is 0.494. The van der Waals surface area contributed by atoms with Crippen molar-refractivity contribution in [1.29, 1.82) is 0 Å². The molecular formula is C16H22N2O3. The van der Waals surface area contributed by atoms with Crippen molar-refractivity contribution in [2.75, 3.05) is 13.7 Å². The van der Waals surface area contributed by atoms with Crippen molar-refractivity contribution in [1.82, 2.24) is 9.78 Å². The van der Waals surface area contributed by atoms with Gasteiger partial charge in [0, 0.05) is 24.0 Å². The maximum Gasteiger partial charge on any atom is 0.220 e. The van der Waals surface area contributed by atoms with Gasteiger partial charge >= 0.3 is 0 Å². The fourth-order valence-electron chi connectivity index (χ4n) is 2.35. The molecule has 1 heterocycles. The Morgan fingerprint density at radius 3 is 2.29 bits per heavy atom. The Hall–Kier alpha value is -2.01. The lowest BCUT2D eigenvalue weighted by Crippen LogP contribution is -2.15. The molecule has 0 atom stereocenters. The van der Waals surface area contributed by atoms with E-state index >= 15 is 0 Å². The van der Waals surface area contributed by atoms with Crippen LogP contribution in [-0.2, 0) is 11.8 Å². The van der Waals surface area contributed by atoms with E-state index in [1.165, 1.54) is 0 Å². The normalized spacial score (nSPS) is 11.7. The maximum absolute atomic E-state index is 9.41. The number of methoxy groups -OCH3 is 1. The number of hydrogen-bond acceptors (Lipinski definition) is 4.